The molecule has 6 nitrogen and oxygen atoms in total. The number of imidazole rings is 1. The molecular weight excluding hydrogens is 378 g/mol. The fraction of sp³-hybridized carbons (Fsp3) is 0.524. The monoisotopic (exact) mass is 407 g/mol. The second-order valence-electron chi connectivity index (χ2n) is 7.48. The lowest BCUT2D eigenvalue weighted by molar-refractivity contribution is -0.136. The van der Waals surface area contributed by atoms with Crippen molar-refractivity contribution in [1.29, 1.82) is 0 Å². The molecule has 3 rings (SSSR count). The molecule has 0 atom stereocenters. The third kappa shape index (κ3) is 5.06. The van der Waals surface area contributed by atoms with Gasteiger partial charge in [-0.2, -0.15) is 0 Å². The smallest absolute Gasteiger partial charge is 0.333 e. The van der Waals surface area contributed by atoms with Crippen LogP contribution in [0.3, 0.4) is 0 Å². The van der Waals surface area contributed by atoms with Crippen LogP contribution in [0.5, 0.6) is 0 Å². The van der Waals surface area contributed by atoms with E-state index in [0.717, 1.165) is 48.7 Å². The first-order chi connectivity index (χ1) is 13.0. The maximum atomic E-state index is 13.0. The highest BCUT2D eigenvalue weighted by Gasteiger charge is 2.18. The van der Waals surface area contributed by atoms with E-state index >= 15 is 0 Å². The molecule has 0 saturated carbocycles. The molecule has 1 aromatic carbocycles. The summed E-state index contributed by atoms with van der Waals surface area (Å²) in [6, 6.07) is 7.63. The Balaban J connectivity index is 0.00000280. The summed E-state index contributed by atoms with van der Waals surface area (Å²) in [5.41, 5.74) is 3.79. The lowest BCUT2D eigenvalue weighted by atomic mass is 9.95. The Labute approximate surface area is 172 Å². The predicted molar refractivity (Wildman–Crippen MR) is 113 cm³/mol. The predicted octanol–water partition coefficient (Wildman–Crippen LogP) is 3.08. The van der Waals surface area contributed by atoms with Crippen LogP contribution in [0, 0.1) is 19.8 Å². The summed E-state index contributed by atoms with van der Waals surface area (Å²) in [6.45, 7) is 6.91. The van der Waals surface area contributed by atoms with Crippen molar-refractivity contribution >= 4 is 18.4 Å². The number of aliphatic carboxylic acids is 1. The van der Waals surface area contributed by atoms with Gasteiger partial charge in [-0.05, 0) is 76.2 Å². The Morgan fingerprint density at radius 1 is 1.14 bits per heavy atom. The molecule has 0 unspecified atom stereocenters. The quantitative estimate of drug-likeness (QED) is 0.739. The van der Waals surface area contributed by atoms with E-state index < -0.39 is 5.97 Å². The van der Waals surface area contributed by atoms with Gasteiger partial charge in [0.2, 0.25) is 0 Å². The Hall–Kier alpha value is -2.05. The summed E-state index contributed by atoms with van der Waals surface area (Å²) >= 11 is 0. The average molecular weight is 408 g/mol. The minimum absolute atomic E-state index is 0. The van der Waals surface area contributed by atoms with Crippen LogP contribution in [0.2, 0.25) is 0 Å². The van der Waals surface area contributed by atoms with Crippen LogP contribution in [0.1, 0.15) is 42.6 Å². The first kappa shape index (κ1) is 22.2. The van der Waals surface area contributed by atoms with Gasteiger partial charge in [0.1, 0.15) is 0 Å². The number of aromatic nitrogens is 2. The number of nitrogens with one attached hydrogen (secondary N) is 1. The molecular formula is C21H30ClN3O3. The molecule has 0 amide bonds. The Morgan fingerprint density at radius 3 is 2.39 bits per heavy atom. The molecule has 28 heavy (non-hydrogen) atoms. The number of nitrogens with zero attached hydrogens (tertiary/aromatic N) is 2. The van der Waals surface area contributed by atoms with Gasteiger partial charge in [0.25, 0.3) is 0 Å². The minimum Gasteiger partial charge on any atom is -0.481 e. The molecule has 1 aliphatic rings. The number of carbonyl (C=O) groups is 1. The lowest BCUT2D eigenvalue weighted by Crippen LogP contribution is -2.30. The number of aryl methyl sites for hydroxylation is 1. The van der Waals surface area contributed by atoms with Crippen LogP contribution in [-0.4, -0.2) is 33.3 Å². The van der Waals surface area contributed by atoms with Crippen LogP contribution in [-0.2, 0) is 17.8 Å². The first-order valence-corrected chi connectivity index (χ1v) is 9.78. The highest BCUT2D eigenvalue weighted by atomic mass is 35.5. The van der Waals surface area contributed by atoms with Crippen LogP contribution in [0.4, 0.5) is 0 Å². The van der Waals surface area contributed by atoms with E-state index in [0.29, 0.717) is 12.3 Å². The molecule has 1 saturated heterocycles. The number of piperidine rings is 1. The number of hydrogen-bond acceptors (Lipinski definition) is 3. The van der Waals surface area contributed by atoms with Crippen molar-refractivity contribution in [2.24, 2.45) is 5.92 Å². The van der Waals surface area contributed by atoms with Crippen LogP contribution < -0.4 is 11.0 Å². The standard InChI is InChI=1S/C21H29N3O3.ClH/c1-15-16(2)24(19-6-3-17(4-7-19)5-8-20(25)26)21(27)23(15)14-11-18-9-12-22-13-10-18;/h3-4,6-7,18,22H,5,8-14H2,1-2H3,(H,25,26);1H. The van der Waals surface area contributed by atoms with Crippen LogP contribution in [0.15, 0.2) is 29.1 Å². The molecule has 0 spiro atoms. The zero-order valence-corrected chi connectivity index (χ0v) is 17.4. The van der Waals surface area contributed by atoms with Crippen molar-refractivity contribution in [3.8, 4) is 5.69 Å². The van der Waals surface area contributed by atoms with Gasteiger partial charge < -0.3 is 10.4 Å². The van der Waals surface area contributed by atoms with Gasteiger partial charge in [0, 0.05) is 24.4 Å². The Bertz CT molecular complexity index is 849. The molecule has 1 aliphatic heterocycles. The summed E-state index contributed by atoms with van der Waals surface area (Å²) in [5, 5.41) is 12.2. The summed E-state index contributed by atoms with van der Waals surface area (Å²) in [5.74, 6) is -0.109. The molecule has 7 heteroatoms. The summed E-state index contributed by atoms with van der Waals surface area (Å²) in [4.78, 5) is 23.7. The van der Waals surface area contributed by atoms with Gasteiger partial charge in [-0.1, -0.05) is 12.1 Å². The number of benzene rings is 1. The number of hydrogen-bond donors (Lipinski definition) is 2. The highest BCUT2D eigenvalue weighted by Crippen LogP contribution is 2.19. The largest absolute Gasteiger partial charge is 0.481 e. The summed E-state index contributed by atoms with van der Waals surface area (Å²) in [7, 11) is 0. The molecule has 0 aliphatic carbocycles. The van der Waals surface area contributed by atoms with E-state index in [1.165, 1.54) is 12.8 Å². The van der Waals surface area contributed by atoms with Crippen molar-refractivity contribution in [2.75, 3.05) is 13.1 Å². The second kappa shape index (κ2) is 9.94. The molecule has 2 aromatic rings. The number of rotatable bonds is 7. The van der Waals surface area contributed by atoms with Crippen molar-refractivity contribution in [2.45, 2.75) is 52.5 Å². The Morgan fingerprint density at radius 2 is 1.79 bits per heavy atom. The Kier molecular flexibility index (Phi) is 7.89. The fourth-order valence-electron chi connectivity index (χ4n) is 3.88. The zero-order valence-electron chi connectivity index (χ0n) is 16.6. The van der Waals surface area contributed by atoms with Gasteiger partial charge in [-0.15, -0.1) is 12.4 Å². The third-order valence-electron chi connectivity index (χ3n) is 5.73. The summed E-state index contributed by atoms with van der Waals surface area (Å²) in [6.07, 6.45) is 4.03. The van der Waals surface area contributed by atoms with E-state index in [2.05, 4.69) is 5.32 Å². The van der Waals surface area contributed by atoms with E-state index in [-0.39, 0.29) is 24.5 Å². The van der Waals surface area contributed by atoms with Crippen molar-refractivity contribution in [1.82, 2.24) is 14.5 Å². The van der Waals surface area contributed by atoms with Gasteiger partial charge >= 0.3 is 11.7 Å². The van der Waals surface area contributed by atoms with Crippen LogP contribution >= 0.6 is 12.4 Å². The maximum absolute atomic E-state index is 13.0. The van der Waals surface area contributed by atoms with E-state index in [1.54, 1.807) is 4.57 Å². The topological polar surface area (TPSA) is 76.3 Å². The molecule has 1 fully saturated rings. The molecule has 2 N–H and O–H groups in total. The molecule has 0 radical (unpaired) electrons. The van der Waals surface area contributed by atoms with E-state index in [9.17, 15) is 9.59 Å². The van der Waals surface area contributed by atoms with Gasteiger partial charge in [-0.25, -0.2) is 4.79 Å². The zero-order chi connectivity index (χ0) is 19.4. The average Bonchev–Trinajstić information content (AvgIpc) is 2.88. The third-order valence-corrected chi connectivity index (χ3v) is 5.73. The van der Waals surface area contributed by atoms with Crippen LogP contribution in [0.25, 0.3) is 5.69 Å². The molecule has 154 valence electrons. The van der Waals surface area contributed by atoms with Crippen molar-refractivity contribution in [3.63, 3.8) is 0 Å². The van der Waals surface area contributed by atoms with E-state index in [1.807, 2.05) is 42.7 Å². The lowest BCUT2D eigenvalue weighted by Gasteiger charge is -2.22. The SMILES string of the molecule is Cc1c(C)n(-c2ccc(CCC(=O)O)cc2)c(=O)n1CCC1CCNCC1.Cl. The molecule has 1 aromatic heterocycles. The number of halogens is 1. The fourth-order valence-corrected chi connectivity index (χ4v) is 3.88. The second-order valence-corrected chi connectivity index (χ2v) is 7.48. The van der Waals surface area contributed by atoms with Crippen molar-refractivity contribution < 1.29 is 9.90 Å². The minimum atomic E-state index is -0.799. The van der Waals surface area contributed by atoms with Gasteiger partial charge in [0.05, 0.1) is 5.69 Å². The molecule has 0 bridgehead atoms. The van der Waals surface area contributed by atoms with Gasteiger partial charge in [0.15, 0.2) is 0 Å². The summed E-state index contributed by atoms with van der Waals surface area (Å²) < 4.78 is 3.66. The highest BCUT2D eigenvalue weighted by molar-refractivity contribution is 5.85. The van der Waals surface area contributed by atoms with Crippen molar-refractivity contribution in [3.05, 3.63) is 51.7 Å². The number of carboxylic acid groups (broad SMARTS) is 1. The molecule has 2 heterocycles. The number of carboxylic acids is 1. The normalized spacial score (nSPS) is 14.6. The maximum Gasteiger partial charge on any atom is 0.333 e. The van der Waals surface area contributed by atoms with E-state index in [4.69, 9.17) is 5.11 Å². The van der Waals surface area contributed by atoms with Gasteiger partial charge in [-0.3, -0.25) is 13.9 Å². The first-order valence-electron chi connectivity index (χ1n) is 9.78.